The third-order valence-electron chi connectivity index (χ3n) is 4.83. The van der Waals surface area contributed by atoms with Gasteiger partial charge in [-0.15, -0.1) is 0 Å². The number of hydrogen-bond donors (Lipinski definition) is 2. The van der Waals surface area contributed by atoms with E-state index in [0.717, 1.165) is 28.8 Å². The highest BCUT2D eigenvalue weighted by Gasteiger charge is 2.18. The maximum absolute atomic E-state index is 12.3. The Balaban J connectivity index is 1.47. The van der Waals surface area contributed by atoms with Crippen LogP contribution in [0.4, 0.5) is 5.69 Å². The Labute approximate surface area is 165 Å². The summed E-state index contributed by atoms with van der Waals surface area (Å²) < 4.78 is 5.30. The molecular weight excluding hydrogens is 352 g/mol. The van der Waals surface area contributed by atoms with Gasteiger partial charge in [-0.3, -0.25) is 9.59 Å². The number of hydrogen-bond acceptors (Lipinski definition) is 3. The van der Waals surface area contributed by atoms with Gasteiger partial charge in [-0.1, -0.05) is 30.3 Å². The molecule has 0 radical (unpaired) electrons. The number of aryl methyl sites for hydroxylation is 3. The second kappa shape index (κ2) is 8.74. The fraction of sp³-hybridized carbons (Fsp3) is 0.304. The molecule has 0 aliphatic rings. The molecule has 1 amide bonds. The van der Waals surface area contributed by atoms with Crippen LogP contribution in [0.2, 0.25) is 0 Å². The first-order valence-corrected chi connectivity index (χ1v) is 9.56. The third kappa shape index (κ3) is 4.80. The minimum absolute atomic E-state index is 0.278. The molecule has 28 heavy (non-hydrogen) atoms. The Kier molecular flexibility index (Phi) is 6.14. The fourth-order valence-corrected chi connectivity index (χ4v) is 3.18. The number of benzene rings is 2. The van der Waals surface area contributed by atoms with E-state index in [1.54, 1.807) is 6.92 Å². The first-order valence-electron chi connectivity index (χ1n) is 9.56. The third-order valence-corrected chi connectivity index (χ3v) is 4.83. The van der Waals surface area contributed by atoms with Crippen molar-refractivity contribution in [3.63, 3.8) is 0 Å². The van der Waals surface area contributed by atoms with E-state index < -0.39 is 6.10 Å². The van der Waals surface area contributed by atoms with Crippen LogP contribution in [-0.2, 0) is 20.7 Å². The molecule has 5 heteroatoms. The number of nitrogens with one attached hydrogen (secondary N) is 2. The van der Waals surface area contributed by atoms with Gasteiger partial charge in [0.05, 0.1) is 0 Å². The monoisotopic (exact) mass is 378 g/mol. The molecule has 0 aliphatic heterocycles. The molecule has 0 saturated heterocycles. The van der Waals surface area contributed by atoms with Crippen molar-refractivity contribution in [2.45, 2.75) is 46.1 Å². The fourth-order valence-electron chi connectivity index (χ4n) is 3.18. The van der Waals surface area contributed by atoms with E-state index >= 15 is 0 Å². The van der Waals surface area contributed by atoms with Gasteiger partial charge in [0.1, 0.15) is 0 Å². The molecule has 0 spiro atoms. The van der Waals surface area contributed by atoms with Crippen molar-refractivity contribution in [3.8, 4) is 0 Å². The molecule has 0 aliphatic carbocycles. The Bertz CT molecular complexity index is 990. The maximum atomic E-state index is 12.3. The molecule has 146 valence electrons. The number of aromatic nitrogens is 1. The standard InChI is InChI=1S/C23H26N2O3/c1-15-11-12-16(2)21(13-15)25-23(27)17(3)28-22(26)10-6-7-18-14-24-20-9-5-4-8-19(18)20/h4-5,8-9,11-14,17,24H,6-7,10H2,1-3H3,(H,25,27). The number of para-hydroxylation sites is 1. The molecule has 2 aromatic carbocycles. The van der Waals surface area contributed by atoms with Gasteiger partial charge < -0.3 is 15.0 Å². The SMILES string of the molecule is Cc1ccc(C)c(NC(=O)C(C)OC(=O)CCCc2c[nH]c3ccccc23)c1. The molecule has 3 aromatic rings. The van der Waals surface area contributed by atoms with Crippen molar-refractivity contribution >= 4 is 28.5 Å². The van der Waals surface area contributed by atoms with Crippen molar-refractivity contribution in [2.24, 2.45) is 0 Å². The highest BCUT2D eigenvalue weighted by Crippen LogP contribution is 2.20. The lowest BCUT2D eigenvalue weighted by molar-refractivity contribution is -0.153. The number of esters is 1. The summed E-state index contributed by atoms with van der Waals surface area (Å²) in [6.07, 6.45) is 2.88. The summed E-state index contributed by atoms with van der Waals surface area (Å²) >= 11 is 0. The highest BCUT2D eigenvalue weighted by atomic mass is 16.5. The van der Waals surface area contributed by atoms with Gasteiger partial charge in [-0.25, -0.2) is 0 Å². The molecule has 2 N–H and O–H groups in total. The van der Waals surface area contributed by atoms with Crippen molar-refractivity contribution in [1.29, 1.82) is 0 Å². The number of ether oxygens (including phenoxy) is 1. The summed E-state index contributed by atoms with van der Waals surface area (Å²) in [4.78, 5) is 27.7. The Morgan fingerprint density at radius 2 is 1.93 bits per heavy atom. The van der Waals surface area contributed by atoms with E-state index in [0.29, 0.717) is 6.42 Å². The number of carbonyl (C=O) groups excluding carboxylic acids is 2. The van der Waals surface area contributed by atoms with Crippen LogP contribution in [0.1, 0.15) is 36.5 Å². The van der Waals surface area contributed by atoms with E-state index in [4.69, 9.17) is 4.74 Å². The number of fused-ring (bicyclic) bond motifs is 1. The van der Waals surface area contributed by atoms with E-state index in [1.807, 2.05) is 56.4 Å². The first-order chi connectivity index (χ1) is 13.4. The average Bonchev–Trinajstić information content (AvgIpc) is 3.08. The van der Waals surface area contributed by atoms with E-state index in [1.165, 1.54) is 10.9 Å². The molecule has 0 bridgehead atoms. The predicted octanol–water partition coefficient (Wildman–Crippen LogP) is 4.68. The number of H-pyrrole nitrogens is 1. The lowest BCUT2D eigenvalue weighted by Crippen LogP contribution is -2.30. The zero-order chi connectivity index (χ0) is 20.1. The molecule has 0 fully saturated rings. The van der Waals surface area contributed by atoms with Crippen LogP contribution in [0.5, 0.6) is 0 Å². The van der Waals surface area contributed by atoms with Crippen LogP contribution in [0.25, 0.3) is 10.9 Å². The van der Waals surface area contributed by atoms with Crippen molar-refractivity contribution in [1.82, 2.24) is 4.98 Å². The van der Waals surface area contributed by atoms with Gasteiger partial charge in [0.2, 0.25) is 0 Å². The van der Waals surface area contributed by atoms with Crippen LogP contribution >= 0.6 is 0 Å². The largest absolute Gasteiger partial charge is 0.453 e. The predicted molar refractivity (Wildman–Crippen MR) is 111 cm³/mol. The summed E-state index contributed by atoms with van der Waals surface area (Å²) in [7, 11) is 0. The van der Waals surface area contributed by atoms with Crippen LogP contribution in [0, 0.1) is 13.8 Å². The van der Waals surface area contributed by atoms with Crippen LogP contribution in [0.15, 0.2) is 48.7 Å². The summed E-state index contributed by atoms with van der Waals surface area (Å²) in [6, 6.07) is 13.9. The number of aromatic amines is 1. The van der Waals surface area contributed by atoms with Crippen molar-refractivity contribution < 1.29 is 14.3 Å². The van der Waals surface area contributed by atoms with Crippen LogP contribution < -0.4 is 5.32 Å². The smallest absolute Gasteiger partial charge is 0.306 e. The molecule has 1 unspecified atom stereocenters. The van der Waals surface area contributed by atoms with E-state index in [9.17, 15) is 9.59 Å². The molecule has 1 aromatic heterocycles. The average molecular weight is 378 g/mol. The normalized spacial score (nSPS) is 12.0. The highest BCUT2D eigenvalue weighted by molar-refractivity contribution is 5.95. The van der Waals surface area contributed by atoms with Gasteiger partial charge in [-0.2, -0.15) is 0 Å². The Morgan fingerprint density at radius 1 is 1.14 bits per heavy atom. The molecule has 1 heterocycles. The zero-order valence-electron chi connectivity index (χ0n) is 16.5. The second-order valence-corrected chi connectivity index (χ2v) is 7.15. The lowest BCUT2D eigenvalue weighted by Gasteiger charge is -2.15. The van der Waals surface area contributed by atoms with Gasteiger partial charge in [0.25, 0.3) is 5.91 Å². The van der Waals surface area contributed by atoms with E-state index in [2.05, 4.69) is 16.4 Å². The van der Waals surface area contributed by atoms with Gasteiger partial charge >= 0.3 is 5.97 Å². The first kappa shape index (κ1) is 19.7. The van der Waals surface area contributed by atoms with Crippen LogP contribution in [-0.4, -0.2) is 23.0 Å². The molecule has 5 nitrogen and oxygen atoms in total. The molecular formula is C23H26N2O3. The minimum atomic E-state index is -0.833. The van der Waals surface area contributed by atoms with Crippen LogP contribution in [0.3, 0.4) is 0 Å². The molecule has 1 atom stereocenters. The van der Waals surface area contributed by atoms with Crippen molar-refractivity contribution in [2.75, 3.05) is 5.32 Å². The van der Waals surface area contributed by atoms with E-state index in [-0.39, 0.29) is 18.3 Å². The maximum Gasteiger partial charge on any atom is 0.306 e. The number of carbonyl (C=O) groups is 2. The van der Waals surface area contributed by atoms with Gasteiger partial charge in [0, 0.05) is 29.2 Å². The summed E-state index contributed by atoms with van der Waals surface area (Å²) in [5.41, 5.74) is 5.05. The Morgan fingerprint density at radius 3 is 2.75 bits per heavy atom. The number of anilines is 1. The summed E-state index contributed by atoms with van der Waals surface area (Å²) in [5.74, 6) is -0.679. The number of amides is 1. The topological polar surface area (TPSA) is 71.2 Å². The van der Waals surface area contributed by atoms with Gasteiger partial charge in [-0.05, 0) is 62.4 Å². The zero-order valence-corrected chi connectivity index (χ0v) is 16.5. The van der Waals surface area contributed by atoms with Crippen molar-refractivity contribution in [3.05, 3.63) is 65.4 Å². The summed E-state index contributed by atoms with van der Waals surface area (Å²) in [6.45, 7) is 5.49. The molecule has 3 rings (SSSR count). The Hall–Kier alpha value is -3.08. The minimum Gasteiger partial charge on any atom is -0.453 e. The quantitative estimate of drug-likeness (QED) is 0.587. The van der Waals surface area contributed by atoms with Gasteiger partial charge in [0.15, 0.2) is 6.10 Å². The second-order valence-electron chi connectivity index (χ2n) is 7.15. The summed E-state index contributed by atoms with van der Waals surface area (Å²) in [5, 5.41) is 4.01. The molecule has 0 saturated carbocycles. The lowest BCUT2D eigenvalue weighted by atomic mass is 10.1. The number of rotatable bonds is 7.